The first-order valence-corrected chi connectivity index (χ1v) is 8.56. The zero-order valence-corrected chi connectivity index (χ0v) is 14.3. The number of carbonyl (C=O) groups is 2. The molecular weight excluding hydrogens is 298 g/mol. The molecule has 124 valence electrons. The summed E-state index contributed by atoms with van der Waals surface area (Å²) in [6, 6.07) is 15.9. The summed E-state index contributed by atoms with van der Waals surface area (Å²) in [4.78, 5) is 26.2. The summed E-state index contributed by atoms with van der Waals surface area (Å²) in [7, 11) is 0. The number of Topliss-reactive ketones (excluding diaryl/α,β-unsaturated/α-hetero) is 1. The Balaban J connectivity index is 1.95. The Labute approximate surface area is 143 Å². The van der Waals surface area contributed by atoms with Crippen LogP contribution < -0.4 is 4.90 Å². The first kappa shape index (κ1) is 16.4. The van der Waals surface area contributed by atoms with E-state index >= 15 is 0 Å². The van der Waals surface area contributed by atoms with Crippen molar-refractivity contribution >= 4 is 17.4 Å². The van der Waals surface area contributed by atoms with E-state index in [2.05, 4.69) is 25.1 Å². The number of hydrogen-bond donors (Lipinski definition) is 0. The Morgan fingerprint density at radius 2 is 1.88 bits per heavy atom. The lowest BCUT2D eigenvalue weighted by Crippen LogP contribution is -2.42. The van der Waals surface area contributed by atoms with Crippen molar-refractivity contribution in [2.24, 2.45) is 0 Å². The minimum atomic E-state index is 0.0489. The number of rotatable bonds is 4. The SMILES string of the molecule is CC(=O)CCc1ccc2c(c1)N(C(=O)c1ccccc1)C(C)CC2. The molecule has 1 aliphatic heterocycles. The van der Waals surface area contributed by atoms with Gasteiger partial charge < -0.3 is 9.69 Å². The number of benzene rings is 2. The standard InChI is InChI=1S/C21H23NO2/c1-15-8-12-18-13-11-17(10-9-16(2)23)14-20(18)22(15)21(24)19-6-4-3-5-7-19/h3-7,11,13-15H,8-10,12H2,1-2H3. The van der Waals surface area contributed by atoms with Crippen LogP contribution in [0.5, 0.6) is 0 Å². The maximum absolute atomic E-state index is 13.0. The van der Waals surface area contributed by atoms with E-state index in [1.807, 2.05) is 35.2 Å². The third kappa shape index (κ3) is 3.40. The Morgan fingerprint density at radius 1 is 1.12 bits per heavy atom. The summed E-state index contributed by atoms with van der Waals surface area (Å²) in [6.45, 7) is 3.72. The van der Waals surface area contributed by atoms with Gasteiger partial charge in [-0.15, -0.1) is 0 Å². The van der Waals surface area contributed by atoms with Gasteiger partial charge in [0.25, 0.3) is 5.91 Å². The van der Waals surface area contributed by atoms with Crippen molar-refractivity contribution < 1.29 is 9.59 Å². The fourth-order valence-corrected chi connectivity index (χ4v) is 3.28. The van der Waals surface area contributed by atoms with Gasteiger partial charge in [-0.1, -0.05) is 30.3 Å². The molecule has 1 heterocycles. The molecule has 1 unspecified atom stereocenters. The average molecular weight is 321 g/mol. The van der Waals surface area contributed by atoms with Crippen LogP contribution in [0.2, 0.25) is 0 Å². The monoisotopic (exact) mass is 321 g/mol. The first-order valence-electron chi connectivity index (χ1n) is 8.56. The van der Waals surface area contributed by atoms with Crippen LogP contribution in [0.15, 0.2) is 48.5 Å². The molecule has 3 rings (SSSR count). The van der Waals surface area contributed by atoms with Crippen LogP contribution in [0.3, 0.4) is 0 Å². The maximum Gasteiger partial charge on any atom is 0.258 e. The van der Waals surface area contributed by atoms with Gasteiger partial charge in [0.2, 0.25) is 0 Å². The molecule has 0 spiro atoms. The van der Waals surface area contributed by atoms with Crippen LogP contribution in [0.4, 0.5) is 5.69 Å². The van der Waals surface area contributed by atoms with Crippen LogP contribution in [0, 0.1) is 0 Å². The average Bonchev–Trinajstić information content (AvgIpc) is 2.60. The van der Waals surface area contributed by atoms with Crippen molar-refractivity contribution in [2.45, 2.75) is 45.6 Å². The summed E-state index contributed by atoms with van der Waals surface area (Å²) in [5, 5.41) is 0. The molecule has 0 N–H and O–H groups in total. The van der Waals surface area contributed by atoms with E-state index in [1.54, 1.807) is 6.92 Å². The van der Waals surface area contributed by atoms with Crippen LogP contribution in [-0.4, -0.2) is 17.7 Å². The highest BCUT2D eigenvalue weighted by Crippen LogP contribution is 2.33. The zero-order chi connectivity index (χ0) is 17.1. The van der Waals surface area contributed by atoms with E-state index in [0.29, 0.717) is 12.0 Å². The minimum Gasteiger partial charge on any atom is -0.305 e. The molecule has 0 aromatic heterocycles. The maximum atomic E-state index is 13.0. The Kier molecular flexibility index (Phi) is 4.79. The molecule has 0 saturated carbocycles. The second kappa shape index (κ2) is 7.00. The number of fused-ring (bicyclic) bond motifs is 1. The lowest BCUT2D eigenvalue weighted by atomic mass is 9.93. The molecule has 0 aliphatic carbocycles. The van der Waals surface area contributed by atoms with Crippen molar-refractivity contribution in [2.75, 3.05) is 4.90 Å². The lowest BCUT2D eigenvalue weighted by Gasteiger charge is -2.35. The molecule has 1 atom stereocenters. The molecule has 0 fully saturated rings. The van der Waals surface area contributed by atoms with Crippen molar-refractivity contribution in [3.63, 3.8) is 0 Å². The van der Waals surface area contributed by atoms with E-state index in [9.17, 15) is 9.59 Å². The van der Waals surface area contributed by atoms with Gasteiger partial charge in [-0.2, -0.15) is 0 Å². The largest absolute Gasteiger partial charge is 0.305 e. The lowest BCUT2D eigenvalue weighted by molar-refractivity contribution is -0.116. The number of amides is 1. The fraction of sp³-hybridized carbons (Fsp3) is 0.333. The molecule has 1 amide bonds. The van der Waals surface area contributed by atoms with Gasteiger partial charge in [0.1, 0.15) is 5.78 Å². The quantitative estimate of drug-likeness (QED) is 0.847. The summed E-state index contributed by atoms with van der Waals surface area (Å²) >= 11 is 0. The van der Waals surface area contributed by atoms with Gasteiger partial charge in [-0.3, -0.25) is 4.79 Å². The third-order valence-electron chi connectivity index (χ3n) is 4.69. The summed E-state index contributed by atoms with van der Waals surface area (Å²) in [5.41, 5.74) is 4.04. The molecular formula is C21H23NO2. The highest BCUT2D eigenvalue weighted by Gasteiger charge is 2.29. The number of anilines is 1. The smallest absolute Gasteiger partial charge is 0.258 e. The fourth-order valence-electron chi connectivity index (χ4n) is 3.28. The van der Waals surface area contributed by atoms with Crippen LogP contribution >= 0.6 is 0 Å². The molecule has 0 saturated heterocycles. The van der Waals surface area contributed by atoms with E-state index < -0.39 is 0 Å². The van der Waals surface area contributed by atoms with Crippen molar-refractivity contribution in [1.29, 1.82) is 0 Å². The van der Waals surface area contributed by atoms with Gasteiger partial charge in [0, 0.05) is 23.7 Å². The molecule has 1 aliphatic rings. The van der Waals surface area contributed by atoms with Gasteiger partial charge in [-0.25, -0.2) is 0 Å². The molecule has 2 aromatic carbocycles. The van der Waals surface area contributed by atoms with E-state index in [4.69, 9.17) is 0 Å². The van der Waals surface area contributed by atoms with Crippen molar-refractivity contribution in [3.05, 3.63) is 65.2 Å². The van der Waals surface area contributed by atoms with E-state index in [1.165, 1.54) is 5.56 Å². The number of carbonyl (C=O) groups excluding carboxylic acids is 2. The van der Waals surface area contributed by atoms with Crippen LogP contribution in [-0.2, 0) is 17.6 Å². The van der Waals surface area contributed by atoms with Gasteiger partial charge in [-0.05, 0) is 62.4 Å². The summed E-state index contributed by atoms with van der Waals surface area (Å²) in [6.07, 6.45) is 3.23. The summed E-state index contributed by atoms with van der Waals surface area (Å²) in [5.74, 6) is 0.242. The normalized spacial score (nSPS) is 16.6. The summed E-state index contributed by atoms with van der Waals surface area (Å²) < 4.78 is 0. The molecule has 3 heteroatoms. The number of aryl methyl sites for hydroxylation is 2. The zero-order valence-electron chi connectivity index (χ0n) is 14.3. The van der Waals surface area contributed by atoms with E-state index in [-0.39, 0.29) is 17.7 Å². The third-order valence-corrected chi connectivity index (χ3v) is 4.69. The van der Waals surface area contributed by atoms with Crippen LogP contribution in [0.1, 0.15) is 48.2 Å². The molecule has 24 heavy (non-hydrogen) atoms. The minimum absolute atomic E-state index is 0.0489. The highest BCUT2D eigenvalue weighted by atomic mass is 16.2. The van der Waals surface area contributed by atoms with Crippen molar-refractivity contribution in [1.82, 2.24) is 0 Å². The molecule has 3 nitrogen and oxygen atoms in total. The second-order valence-corrected chi connectivity index (χ2v) is 6.59. The first-order chi connectivity index (χ1) is 11.6. The van der Waals surface area contributed by atoms with Gasteiger partial charge >= 0.3 is 0 Å². The molecule has 2 aromatic rings. The van der Waals surface area contributed by atoms with Crippen LogP contribution in [0.25, 0.3) is 0 Å². The topological polar surface area (TPSA) is 37.4 Å². The Morgan fingerprint density at radius 3 is 2.58 bits per heavy atom. The predicted molar refractivity (Wildman–Crippen MR) is 96.5 cm³/mol. The van der Waals surface area contributed by atoms with Crippen molar-refractivity contribution in [3.8, 4) is 0 Å². The molecule has 0 radical (unpaired) electrons. The second-order valence-electron chi connectivity index (χ2n) is 6.59. The number of nitrogens with zero attached hydrogens (tertiary/aromatic N) is 1. The Bertz CT molecular complexity index is 752. The van der Waals surface area contributed by atoms with E-state index in [0.717, 1.165) is 30.5 Å². The molecule has 0 bridgehead atoms. The van der Waals surface area contributed by atoms with Gasteiger partial charge in [0.05, 0.1) is 0 Å². The highest BCUT2D eigenvalue weighted by molar-refractivity contribution is 6.07. The predicted octanol–water partition coefficient (Wildman–Crippen LogP) is 4.19. The van der Waals surface area contributed by atoms with Gasteiger partial charge in [0.15, 0.2) is 0 Å². The Hall–Kier alpha value is -2.42. The number of ketones is 1. The number of hydrogen-bond acceptors (Lipinski definition) is 2.